The van der Waals surface area contributed by atoms with E-state index >= 15 is 0 Å². The molecule has 0 radical (unpaired) electrons. The maximum atomic E-state index is 13.6. The molecule has 0 bridgehead atoms. The minimum absolute atomic E-state index is 0.195. The first-order valence-electron chi connectivity index (χ1n) is 9.19. The molecule has 3 rings (SSSR count). The molecule has 11 heteroatoms. The van der Waals surface area contributed by atoms with Crippen LogP contribution in [0.1, 0.15) is 34.6 Å². The number of carbonyl (C=O) groups excluding carboxylic acids is 1. The summed E-state index contributed by atoms with van der Waals surface area (Å²) >= 11 is 0. The first-order chi connectivity index (χ1) is 14.9. The number of nitriles is 2. The van der Waals surface area contributed by atoms with Gasteiger partial charge in [0, 0.05) is 11.6 Å². The number of halogens is 6. The highest BCUT2D eigenvalue weighted by atomic mass is 19.4. The maximum absolute atomic E-state index is 13.6. The molecule has 0 spiro atoms. The lowest BCUT2D eigenvalue weighted by Crippen LogP contribution is -2.46. The largest absolute Gasteiger partial charge is 0.417 e. The summed E-state index contributed by atoms with van der Waals surface area (Å²) in [6, 6.07) is 7.76. The Morgan fingerprint density at radius 1 is 1.03 bits per heavy atom. The number of nitrogens with one attached hydrogen (secondary N) is 2. The number of anilines is 1. The number of hydrogen-bond acceptors (Lipinski definition) is 4. The summed E-state index contributed by atoms with van der Waals surface area (Å²) in [5.41, 5.74) is -1.90. The molecule has 2 aromatic rings. The van der Waals surface area contributed by atoms with E-state index in [9.17, 15) is 31.1 Å². The molecule has 2 aromatic carbocycles. The van der Waals surface area contributed by atoms with Crippen LogP contribution in [0.3, 0.4) is 0 Å². The fraction of sp³-hybridized carbons (Fsp3) is 0.286. The second-order valence-electron chi connectivity index (χ2n) is 7.18. The second kappa shape index (κ2) is 8.52. The van der Waals surface area contributed by atoms with E-state index in [0.29, 0.717) is 6.07 Å². The fourth-order valence-corrected chi connectivity index (χ4v) is 3.65. The Labute approximate surface area is 178 Å². The maximum Gasteiger partial charge on any atom is 0.417 e. The predicted molar refractivity (Wildman–Crippen MR) is 100 cm³/mol. The number of carbonyl (C=O) groups is 1. The highest BCUT2D eigenvalue weighted by Gasteiger charge is 2.52. The Hall–Kier alpha value is -3.57. The van der Waals surface area contributed by atoms with E-state index in [1.54, 1.807) is 0 Å². The molecule has 5 nitrogen and oxygen atoms in total. The van der Waals surface area contributed by atoms with Crippen LogP contribution in [0.25, 0.3) is 0 Å². The van der Waals surface area contributed by atoms with Crippen LogP contribution in [0, 0.1) is 22.7 Å². The van der Waals surface area contributed by atoms with Gasteiger partial charge in [0.2, 0.25) is 5.91 Å². The normalized spacial score (nSPS) is 20.9. The van der Waals surface area contributed by atoms with Crippen molar-refractivity contribution in [2.24, 2.45) is 0 Å². The van der Waals surface area contributed by atoms with E-state index in [2.05, 4.69) is 10.6 Å². The molecule has 166 valence electrons. The highest BCUT2D eigenvalue weighted by molar-refractivity contribution is 5.95. The minimum atomic E-state index is -4.93. The average molecular weight is 452 g/mol. The van der Waals surface area contributed by atoms with E-state index in [1.807, 2.05) is 6.07 Å². The van der Waals surface area contributed by atoms with Crippen LogP contribution in [-0.2, 0) is 11.0 Å². The minimum Gasteiger partial charge on any atom is -0.325 e. The van der Waals surface area contributed by atoms with Crippen LogP contribution in [0.2, 0.25) is 0 Å². The number of rotatable bonds is 3. The molecule has 0 aliphatic carbocycles. The monoisotopic (exact) mass is 452 g/mol. The van der Waals surface area contributed by atoms with Crippen molar-refractivity contribution < 1.29 is 31.1 Å². The highest BCUT2D eigenvalue weighted by Crippen LogP contribution is 2.42. The van der Waals surface area contributed by atoms with Gasteiger partial charge in [-0.25, -0.2) is 0 Å². The third kappa shape index (κ3) is 4.84. The van der Waals surface area contributed by atoms with Crippen molar-refractivity contribution in [3.8, 4) is 12.1 Å². The molecule has 1 heterocycles. The van der Waals surface area contributed by atoms with Crippen LogP contribution in [-0.4, -0.2) is 24.2 Å². The van der Waals surface area contributed by atoms with E-state index in [-0.39, 0.29) is 16.8 Å². The number of nitrogens with zero attached hydrogens (tertiary/aromatic N) is 2. The summed E-state index contributed by atoms with van der Waals surface area (Å²) < 4.78 is 80.7. The van der Waals surface area contributed by atoms with Gasteiger partial charge in [-0.05, 0) is 42.3 Å². The van der Waals surface area contributed by atoms with Crippen LogP contribution >= 0.6 is 0 Å². The van der Waals surface area contributed by atoms with Crippen LogP contribution in [0.4, 0.5) is 32.0 Å². The molecule has 1 fully saturated rings. The fourth-order valence-electron chi connectivity index (χ4n) is 3.65. The molecule has 1 saturated heterocycles. The first kappa shape index (κ1) is 23.1. The summed E-state index contributed by atoms with van der Waals surface area (Å²) in [5, 5.41) is 22.4. The van der Waals surface area contributed by atoms with Crippen molar-refractivity contribution >= 4 is 11.6 Å². The van der Waals surface area contributed by atoms with Crippen LogP contribution in [0.15, 0.2) is 42.5 Å². The first-order valence-corrected chi connectivity index (χ1v) is 9.19. The Morgan fingerprint density at radius 2 is 1.75 bits per heavy atom. The van der Waals surface area contributed by atoms with Gasteiger partial charge < -0.3 is 5.32 Å². The Balaban J connectivity index is 1.90. The zero-order valence-electron chi connectivity index (χ0n) is 16.1. The predicted octanol–water partition coefficient (Wildman–Crippen LogP) is 4.46. The molecular formula is C21H14F6N4O. The van der Waals surface area contributed by atoms with E-state index in [4.69, 9.17) is 10.5 Å². The van der Waals surface area contributed by atoms with Gasteiger partial charge >= 0.3 is 12.4 Å². The molecule has 1 aliphatic rings. The summed E-state index contributed by atoms with van der Waals surface area (Å²) in [4.78, 5) is 12.5. The van der Waals surface area contributed by atoms with Gasteiger partial charge in [0.05, 0.1) is 34.9 Å². The Bertz CT molecular complexity index is 1110. The standard InChI is InChI=1S/C21H14F6N4O/c22-20(23,24)16-7-12(4-5-13(16)10-29)15-8-17(31-18(15)21(25,26)27)19(32)30-14-3-1-2-11(6-14)9-28/h1-7,15,17-18,31H,8H2,(H,30,32). The summed E-state index contributed by atoms with van der Waals surface area (Å²) in [7, 11) is 0. The summed E-state index contributed by atoms with van der Waals surface area (Å²) in [5.74, 6) is -2.30. The van der Waals surface area contributed by atoms with E-state index in [1.165, 1.54) is 30.3 Å². The Morgan fingerprint density at radius 3 is 2.34 bits per heavy atom. The second-order valence-corrected chi connectivity index (χ2v) is 7.18. The number of hydrogen-bond donors (Lipinski definition) is 2. The van der Waals surface area contributed by atoms with Gasteiger partial charge in [-0.15, -0.1) is 0 Å². The molecule has 0 aromatic heterocycles. The molecule has 2 N–H and O–H groups in total. The lowest BCUT2D eigenvalue weighted by molar-refractivity contribution is -0.156. The van der Waals surface area contributed by atoms with Gasteiger partial charge in [-0.2, -0.15) is 36.9 Å². The molecule has 32 heavy (non-hydrogen) atoms. The van der Waals surface area contributed by atoms with Gasteiger partial charge in [0.15, 0.2) is 0 Å². The van der Waals surface area contributed by atoms with E-state index in [0.717, 1.165) is 12.1 Å². The van der Waals surface area contributed by atoms with Crippen LogP contribution < -0.4 is 10.6 Å². The van der Waals surface area contributed by atoms with Gasteiger partial charge in [0.1, 0.15) is 6.04 Å². The van der Waals surface area contributed by atoms with Crippen molar-refractivity contribution in [1.82, 2.24) is 5.32 Å². The molecule has 3 atom stereocenters. The zero-order chi connectivity index (χ0) is 23.7. The lowest BCUT2D eigenvalue weighted by atomic mass is 9.88. The quantitative estimate of drug-likeness (QED) is 0.673. The molecule has 1 aliphatic heterocycles. The lowest BCUT2D eigenvalue weighted by Gasteiger charge is -2.23. The summed E-state index contributed by atoms with van der Waals surface area (Å²) in [6.45, 7) is 0. The van der Waals surface area contributed by atoms with Crippen molar-refractivity contribution in [3.63, 3.8) is 0 Å². The summed E-state index contributed by atoms with van der Waals surface area (Å²) in [6.07, 6.45) is -10.2. The van der Waals surface area contributed by atoms with E-state index < -0.39 is 53.8 Å². The molecular weight excluding hydrogens is 438 g/mol. The zero-order valence-corrected chi connectivity index (χ0v) is 16.1. The SMILES string of the molecule is N#Cc1cccc(NC(=O)C2CC(c3ccc(C#N)c(C(F)(F)F)c3)C(C(F)(F)F)N2)c1. The van der Waals surface area contributed by atoms with Gasteiger partial charge in [-0.1, -0.05) is 12.1 Å². The number of amides is 1. The van der Waals surface area contributed by atoms with Crippen molar-refractivity contribution in [2.75, 3.05) is 5.32 Å². The smallest absolute Gasteiger partial charge is 0.325 e. The van der Waals surface area contributed by atoms with Crippen molar-refractivity contribution in [2.45, 2.75) is 36.8 Å². The molecule has 1 amide bonds. The third-order valence-corrected chi connectivity index (χ3v) is 5.10. The molecule has 0 saturated carbocycles. The topological polar surface area (TPSA) is 88.7 Å². The number of alkyl halides is 6. The van der Waals surface area contributed by atoms with Crippen molar-refractivity contribution in [3.05, 3.63) is 64.7 Å². The average Bonchev–Trinajstić information content (AvgIpc) is 3.19. The van der Waals surface area contributed by atoms with Gasteiger partial charge in [-0.3, -0.25) is 10.1 Å². The van der Waals surface area contributed by atoms with Gasteiger partial charge in [0.25, 0.3) is 0 Å². The Kier molecular flexibility index (Phi) is 6.15. The van der Waals surface area contributed by atoms with Crippen molar-refractivity contribution in [1.29, 1.82) is 10.5 Å². The van der Waals surface area contributed by atoms with Crippen LogP contribution in [0.5, 0.6) is 0 Å². The number of benzene rings is 2. The third-order valence-electron chi connectivity index (χ3n) is 5.10. The molecule has 3 unspecified atom stereocenters.